The van der Waals surface area contributed by atoms with Gasteiger partial charge >= 0.3 is 0 Å². The number of nitrogens with zero attached hydrogens (tertiary/aromatic N) is 3. The third-order valence-electron chi connectivity index (χ3n) is 4.96. The quantitative estimate of drug-likeness (QED) is 0.671. The fourth-order valence-electron chi connectivity index (χ4n) is 3.04. The summed E-state index contributed by atoms with van der Waals surface area (Å²) in [5, 5.41) is 6.52. The van der Waals surface area contributed by atoms with Crippen LogP contribution in [0.1, 0.15) is 49.0 Å². The molecule has 1 atom stereocenters. The monoisotopic (exact) mass is 337 g/mol. The van der Waals surface area contributed by atoms with E-state index in [0.717, 1.165) is 18.1 Å². The minimum Gasteiger partial charge on any atom is -0.497 e. The van der Waals surface area contributed by atoms with Crippen molar-refractivity contribution in [3.8, 4) is 5.75 Å². The second kappa shape index (κ2) is 6.48. The lowest BCUT2D eigenvalue weighted by molar-refractivity contribution is 0.202. The SMILES string of the molecule is COc1ccc2cc(CN(C)[C@@H](C)c3nc(C4CC4)no3)ccc2c1. The van der Waals surface area contributed by atoms with Gasteiger partial charge < -0.3 is 9.26 Å². The van der Waals surface area contributed by atoms with E-state index in [1.165, 1.54) is 29.2 Å². The second-order valence-corrected chi connectivity index (χ2v) is 6.90. The van der Waals surface area contributed by atoms with Crippen molar-refractivity contribution in [1.82, 2.24) is 15.0 Å². The zero-order valence-corrected chi connectivity index (χ0v) is 14.9. The summed E-state index contributed by atoms with van der Waals surface area (Å²) in [6, 6.07) is 12.8. The van der Waals surface area contributed by atoms with Gasteiger partial charge in [-0.15, -0.1) is 0 Å². The molecule has 0 unspecified atom stereocenters. The number of hydrogen-bond donors (Lipinski definition) is 0. The summed E-state index contributed by atoms with van der Waals surface area (Å²) in [7, 11) is 3.78. The average molecular weight is 337 g/mol. The molecule has 1 aliphatic carbocycles. The number of fused-ring (bicyclic) bond motifs is 1. The molecule has 2 aromatic carbocycles. The van der Waals surface area contributed by atoms with Gasteiger partial charge in [-0.05, 0) is 61.3 Å². The molecule has 0 saturated heterocycles. The zero-order chi connectivity index (χ0) is 17.4. The number of benzene rings is 2. The van der Waals surface area contributed by atoms with Crippen molar-refractivity contribution < 1.29 is 9.26 Å². The molecule has 1 aromatic heterocycles. The van der Waals surface area contributed by atoms with E-state index in [2.05, 4.69) is 59.3 Å². The summed E-state index contributed by atoms with van der Waals surface area (Å²) in [5.74, 6) is 2.98. The number of aromatic nitrogens is 2. The molecule has 3 aromatic rings. The summed E-state index contributed by atoms with van der Waals surface area (Å²) < 4.78 is 10.8. The topological polar surface area (TPSA) is 51.4 Å². The van der Waals surface area contributed by atoms with Crippen LogP contribution in [0.4, 0.5) is 0 Å². The van der Waals surface area contributed by atoms with Crippen molar-refractivity contribution in [3.63, 3.8) is 0 Å². The lowest BCUT2D eigenvalue weighted by Gasteiger charge is -2.21. The summed E-state index contributed by atoms with van der Waals surface area (Å²) >= 11 is 0. The Morgan fingerprint density at radius 1 is 1.20 bits per heavy atom. The smallest absolute Gasteiger partial charge is 0.243 e. The highest BCUT2D eigenvalue weighted by Crippen LogP contribution is 2.38. The number of hydrogen-bond acceptors (Lipinski definition) is 5. The molecule has 0 spiro atoms. The van der Waals surface area contributed by atoms with Crippen LogP contribution < -0.4 is 4.74 Å². The van der Waals surface area contributed by atoms with Gasteiger partial charge in [-0.25, -0.2) is 0 Å². The fourth-order valence-corrected chi connectivity index (χ4v) is 3.04. The highest BCUT2D eigenvalue weighted by atomic mass is 16.5. The van der Waals surface area contributed by atoms with Crippen LogP contribution in [0, 0.1) is 0 Å². The Labute approximate surface area is 147 Å². The van der Waals surface area contributed by atoms with Crippen LogP contribution in [0.3, 0.4) is 0 Å². The average Bonchev–Trinajstić information content (AvgIpc) is 3.37. The first-order valence-corrected chi connectivity index (χ1v) is 8.74. The van der Waals surface area contributed by atoms with Gasteiger partial charge in [0.2, 0.25) is 5.89 Å². The normalized spacial score (nSPS) is 15.7. The van der Waals surface area contributed by atoms with Crippen LogP contribution in [0.15, 0.2) is 40.9 Å². The Morgan fingerprint density at radius 2 is 1.96 bits per heavy atom. The van der Waals surface area contributed by atoms with Crippen LogP contribution >= 0.6 is 0 Å². The van der Waals surface area contributed by atoms with Gasteiger partial charge in [0.1, 0.15) is 5.75 Å². The minimum absolute atomic E-state index is 0.0894. The molecule has 1 saturated carbocycles. The molecule has 0 aliphatic heterocycles. The summed E-state index contributed by atoms with van der Waals surface area (Å²) in [6.45, 7) is 2.93. The minimum atomic E-state index is 0.0894. The standard InChI is InChI=1S/C20H23N3O2/c1-13(20-21-19(22-25-20)15-6-7-15)23(2)12-14-4-5-17-11-18(24-3)9-8-16(17)10-14/h4-5,8-11,13,15H,6-7,12H2,1-3H3/t13-/m0/s1. The Balaban J connectivity index is 1.48. The van der Waals surface area contributed by atoms with Gasteiger partial charge in [0.15, 0.2) is 5.82 Å². The van der Waals surface area contributed by atoms with E-state index in [9.17, 15) is 0 Å². The predicted molar refractivity (Wildman–Crippen MR) is 96.7 cm³/mol. The van der Waals surface area contributed by atoms with Crippen LogP contribution in [0.5, 0.6) is 5.75 Å². The Morgan fingerprint density at radius 3 is 2.72 bits per heavy atom. The van der Waals surface area contributed by atoms with Gasteiger partial charge in [-0.2, -0.15) is 4.98 Å². The first kappa shape index (κ1) is 16.1. The lowest BCUT2D eigenvalue weighted by atomic mass is 10.1. The van der Waals surface area contributed by atoms with Crippen molar-refractivity contribution in [2.45, 2.75) is 38.3 Å². The third kappa shape index (κ3) is 3.37. The van der Waals surface area contributed by atoms with Crippen LogP contribution in [-0.2, 0) is 6.54 Å². The van der Waals surface area contributed by atoms with E-state index in [1.807, 2.05) is 6.07 Å². The second-order valence-electron chi connectivity index (χ2n) is 6.90. The van der Waals surface area contributed by atoms with Gasteiger partial charge in [-0.3, -0.25) is 4.90 Å². The van der Waals surface area contributed by atoms with Crippen molar-refractivity contribution in [2.24, 2.45) is 0 Å². The van der Waals surface area contributed by atoms with Crippen LogP contribution in [0.25, 0.3) is 10.8 Å². The van der Waals surface area contributed by atoms with E-state index in [0.29, 0.717) is 11.8 Å². The summed E-state index contributed by atoms with van der Waals surface area (Å²) in [4.78, 5) is 6.80. The summed E-state index contributed by atoms with van der Waals surface area (Å²) in [5.41, 5.74) is 1.26. The Kier molecular flexibility index (Phi) is 4.17. The Hall–Kier alpha value is -2.40. The molecule has 1 fully saturated rings. The van der Waals surface area contributed by atoms with Crippen molar-refractivity contribution in [3.05, 3.63) is 53.7 Å². The largest absolute Gasteiger partial charge is 0.497 e. The molecule has 0 radical (unpaired) electrons. The van der Waals surface area contributed by atoms with Crippen LogP contribution in [-0.4, -0.2) is 29.2 Å². The third-order valence-corrected chi connectivity index (χ3v) is 4.96. The first-order valence-electron chi connectivity index (χ1n) is 8.74. The zero-order valence-electron chi connectivity index (χ0n) is 14.9. The van der Waals surface area contributed by atoms with Crippen molar-refractivity contribution in [1.29, 1.82) is 0 Å². The number of rotatable bonds is 6. The van der Waals surface area contributed by atoms with Crippen molar-refractivity contribution in [2.75, 3.05) is 14.2 Å². The van der Waals surface area contributed by atoms with E-state index in [1.54, 1.807) is 7.11 Å². The van der Waals surface area contributed by atoms with Gasteiger partial charge in [0.05, 0.1) is 13.2 Å². The molecule has 1 aliphatic rings. The van der Waals surface area contributed by atoms with E-state index < -0.39 is 0 Å². The molecular weight excluding hydrogens is 314 g/mol. The molecule has 25 heavy (non-hydrogen) atoms. The molecule has 0 amide bonds. The number of methoxy groups -OCH3 is 1. The maximum atomic E-state index is 5.47. The molecular formula is C20H23N3O2. The van der Waals surface area contributed by atoms with Crippen molar-refractivity contribution >= 4 is 10.8 Å². The predicted octanol–water partition coefficient (Wildman–Crippen LogP) is 4.30. The van der Waals surface area contributed by atoms with Gasteiger partial charge in [0.25, 0.3) is 0 Å². The Bertz CT molecular complexity index is 886. The fraction of sp³-hybridized carbons (Fsp3) is 0.400. The number of ether oxygens (including phenoxy) is 1. The first-order chi connectivity index (χ1) is 12.1. The highest BCUT2D eigenvalue weighted by Gasteiger charge is 2.30. The molecule has 4 rings (SSSR count). The van der Waals surface area contributed by atoms with E-state index in [-0.39, 0.29) is 6.04 Å². The molecule has 0 N–H and O–H groups in total. The maximum Gasteiger partial charge on any atom is 0.243 e. The molecule has 130 valence electrons. The molecule has 5 nitrogen and oxygen atoms in total. The molecule has 5 heteroatoms. The van der Waals surface area contributed by atoms with Crippen LogP contribution in [0.2, 0.25) is 0 Å². The van der Waals surface area contributed by atoms with Gasteiger partial charge in [0, 0.05) is 12.5 Å². The van der Waals surface area contributed by atoms with E-state index >= 15 is 0 Å². The highest BCUT2D eigenvalue weighted by molar-refractivity contribution is 5.84. The van der Waals surface area contributed by atoms with E-state index in [4.69, 9.17) is 9.26 Å². The lowest BCUT2D eigenvalue weighted by Crippen LogP contribution is -2.22. The summed E-state index contributed by atoms with van der Waals surface area (Å²) in [6.07, 6.45) is 2.37. The molecule has 0 bridgehead atoms. The van der Waals surface area contributed by atoms with Gasteiger partial charge in [-0.1, -0.05) is 23.4 Å². The maximum absolute atomic E-state index is 5.47. The molecule has 1 heterocycles.